The third kappa shape index (κ3) is 5.14. The summed E-state index contributed by atoms with van der Waals surface area (Å²) in [6, 6.07) is 2.16. The lowest BCUT2D eigenvalue weighted by Gasteiger charge is -2.41. The highest BCUT2D eigenvalue weighted by molar-refractivity contribution is 7.96. The van der Waals surface area contributed by atoms with E-state index >= 15 is 0 Å². The molecule has 1 saturated heterocycles. The molecular weight excluding hydrogens is 412 g/mol. The third-order valence-corrected chi connectivity index (χ3v) is 8.04. The maximum absolute atomic E-state index is 12.0. The maximum Gasteiger partial charge on any atom is 0.141 e. The van der Waals surface area contributed by atoms with Crippen molar-refractivity contribution in [3.8, 4) is 5.75 Å². The second-order valence-electron chi connectivity index (χ2n) is 10.2. The molecular formula is C23H36N4O3S. The van der Waals surface area contributed by atoms with Crippen molar-refractivity contribution in [3.63, 3.8) is 0 Å². The number of aromatic nitrogens is 1. The van der Waals surface area contributed by atoms with Crippen LogP contribution in [0.4, 0.5) is 0 Å². The Hall–Kier alpha value is -1.45. The van der Waals surface area contributed by atoms with Crippen LogP contribution in [0.3, 0.4) is 0 Å². The van der Waals surface area contributed by atoms with Gasteiger partial charge in [-0.1, -0.05) is 6.08 Å². The number of rotatable bonds is 5. The molecule has 1 aromatic heterocycles. The minimum absolute atomic E-state index is 0.208. The Morgan fingerprint density at radius 1 is 1.39 bits per heavy atom. The van der Waals surface area contributed by atoms with Gasteiger partial charge in [0.1, 0.15) is 11.4 Å². The first-order chi connectivity index (χ1) is 14.4. The molecule has 3 aliphatic rings. The summed E-state index contributed by atoms with van der Waals surface area (Å²) in [5.41, 5.74) is 2.49. The van der Waals surface area contributed by atoms with Crippen LogP contribution < -0.4 is 9.88 Å². The molecule has 0 amide bonds. The molecule has 0 aliphatic carbocycles. The third-order valence-electron chi connectivity index (χ3n) is 6.83. The maximum atomic E-state index is 12.0. The Labute approximate surface area is 186 Å². The molecule has 31 heavy (non-hydrogen) atoms. The van der Waals surface area contributed by atoms with Crippen molar-refractivity contribution in [3.05, 3.63) is 29.6 Å². The van der Waals surface area contributed by atoms with E-state index in [2.05, 4.69) is 34.8 Å². The van der Waals surface area contributed by atoms with Gasteiger partial charge < -0.3 is 14.7 Å². The SMILES string of the molecule is C=S(N)(=O)N1CC=C(c2cc3c(cn2)OC(C)(C2CCN(CC(C)(C)O)CC2)C3)CC1. The Morgan fingerprint density at radius 2 is 2.10 bits per heavy atom. The fourth-order valence-corrected chi connectivity index (χ4v) is 5.92. The number of hydrogen-bond donors (Lipinski definition) is 2. The van der Waals surface area contributed by atoms with E-state index in [1.54, 1.807) is 4.31 Å². The molecule has 1 aromatic rings. The summed E-state index contributed by atoms with van der Waals surface area (Å²) in [6.45, 7) is 9.83. The van der Waals surface area contributed by atoms with Crippen LogP contribution in [0.2, 0.25) is 0 Å². The number of pyridine rings is 1. The quantitative estimate of drug-likeness (QED) is 0.671. The van der Waals surface area contributed by atoms with Crippen molar-refractivity contribution >= 4 is 21.3 Å². The molecule has 4 heterocycles. The van der Waals surface area contributed by atoms with Crippen molar-refractivity contribution in [1.82, 2.24) is 14.2 Å². The molecule has 0 saturated carbocycles. The zero-order chi connectivity index (χ0) is 22.4. The molecule has 3 N–H and O–H groups in total. The van der Waals surface area contributed by atoms with Crippen LogP contribution in [0, 0.1) is 5.92 Å². The standard InChI is InChI=1S/C23H36N4O3S/c1-22(2,28)16-26-9-7-19(8-10-26)23(3)14-18-13-20(25-15-21(18)30-23)17-5-11-27(12-6-17)31(4,24)29/h5,13,15,19,28H,4,6-12,14,16H2,1-3H3,(H2,24,29). The highest BCUT2D eigenvalue weighted by atomic mass is 32.2. The topological polar surface area (TPSA) is 91.9 Å². The number of likely N-dealkylation sites (tertiary alicyclic amines) is 1. The van der Waals surface area contributed by atoms with Crippen LogP contribution >= 0.6 is 0 Å². The van der Waals surface area contributed by atoms with E-state index in [1.165, 1.54) is 5.56 Å². The van der Waals surface area contributed by atoms with E-state index in [4.69, 9.17) is 9.88 Å². The van der Waals surface area contributed by atoms with E-state index in [0.29, 0.717) is 25.6 Å². The minimum Gasteiger partial charge on any atom is -0.485 e. The smallest absolute Gasteiger partial charge is 0.141 e. The number of piperidine rings is 1. The second kappa shape index (κ2) is 8.15. The molecule has 0 radical (unpaired) electrons. The molecule has 0 aromatic carbocycles. The van der Waals surface area contributed by atoms with Gasteiger partial charge in [0, 0.05) is 37.5 Å². The van der Waals surface area contributed by atoms with Crippen molar-refractivity contribution in [2.75, 3.05) is 32.7 Å². The largest absolute Gasteiger partial charge is 0.485 e. The highest BCUT2D eigenvalue weighted by Gasteiger charge is 2.43. The fourth-order valence-electron chi connectivity index (χ4n) is 5.20. The minimum atomic E-state index is -2.65. The number of nitrogens with two attached hydrogens (primary N) is 1. The van der Waals surface area contributed by atoms with Gasteiger partial charge in [0.05, 0.1) is 27.4 Å². The molecule has 0 spiro atoms. The number of β-amino-alcohol motifs (C(OH)–C–C–N with tert-alkyl or cyclic N) is 1. The lowest BCUT2D eigenvalue weighted by molar-refractivity contribution is -0.0130. The van der Waals surface area contributed by atoms with Crippen LogP contribution in [0.15, 0.2) is 18.3 Å². The van der Waals surface area contributed by atoms with Gasteiger partial charge in [0.2, 0.25) is 0 Å². The van der Waals surface area contributed by atoms with Gasteiger partial charge in [-0.2, -0.15) is 0 Å². The fraction of sp³-hybridized carbons (Fsp3) is 0.652. The molecule has 172 valence electrons. The monoisotopic (exact) mass is 448 g/mol. The average Bonchev–Trinajstić information content (AvgIpc) is 3.03. The van der Waals surface area contributed by atoms with Gasteiger partial charge in [-0.15, -0.1) is 0 Å². The van der Waals surface area contributed by atoms with Gasteiger partial charge >= 0.3 is 0 Å². The van der Waals surface area contributed by atoms with Gasteiger partial charge in [-0.05, 0) is 70.6 Å². The number of nitrogens with zero attached hydrogens (tertiary/aromatic N) is 3. The number of fused-ring (bicyclic) bond motifs is 1. The first-order valence-corrected chi connectivity index (χ1v) is 12.9. The van der Waals surface area contributed by atoms with Gasteiger partial charge in [-0.25, -0.2) is 13.7 Å². The van der Waals surface area contributed by atoms with Crippen LogP contribution in [-0.2, 0) is 16.3 Å². The molecule has 4 rings (SSSR count). The van der Waals surface area contributed by atoms with E-state index in [9.17, 15) is 9.32 Å². The van der Waals surface area contributed by atoms with Crippen molar-refractivity contribution < 1.29 is 14.1 Å². The van der Waals surface area contributed by atoms with Crippen LogP contribution in [0.5, 0.6) is 5.75 Å². The molecule has 3 aliphatic heterocycles. The van der Waals surface area contributed by atoms with Gasteiger partial charge in [-0.3, -0.25) is 4.98 Å². The van der Waals surface area contributed by atoms with E-state index in [1.807, 2.05) is 20.0 Å². The van der Waals surface area contributed by atoms with Crippen molar-refractivity contribution in [2.24, 2.45) is 11.1 Å². The number of ether oxygens (including phenoxy) is 1. The molecule has 1 fully saturated rings. The molecule has 2 atom stereocenters. The normalized spacial score (nSPS) is 28.0. The first kappa shape index (κ1) is 22.7. The predicted molar refractivity (Wildman–Crippen MR) is 126 cm³/mol. The second-order valence-corrected chi connectivity index (χ2v) is 12.1. The number of aliphatic hydroxyl groups is 1. The van der Waals surface area contributed by atoms with Crippen LogP contribution in [0.25, 0.3) is 5.57 Å². The highest BCUT2D eigenvalue weighted by Crippen LogP contribution is 2.43. The first-order valence-electron chi connectivity index (χ1n) is 11.2. The Balaban J connectivity index is 1.41. The summed E-state index contributed by atoms with van der Waals surface area (Å²) in [5, 5.41) is 15.8. The van der Waals surface area contributed by atoms with E-state index < -0.39 is 15.5 Å². The Bertz CT molecular complexity index is 962. The average molecular weight is 449 g/mol. The van der Waals surface area contributed by atoms with E-state index in [-0.39, 0.29) is 5.60 Å². The van der Waals surface area contributed by atoms with Crippen LogP contribution in [0.1, 0.15) is 51.3 Å². The Kier molecular flexibility index (Phi) is 5.98. The Morgan fingerprint density at radius 3 is 2.68 bits per heavy atom. The van der Waals surface area contributed by atoms with Gasteiger partial charge in [0.25, 0.3) is 0 Å². The lowest BCUT2D eigenvalue weighted by atomic mass is 9.79. The molecule has 0 bridgehead atoms. The summed E-state index contributed by atoms with van der Waals surface area (Å²) in [4.78, 5) is 7.01. The summed E-state index contributed by atoms with van der Waals surface area (Å²) < 4.78 is 20.1. The van der Waals surface area contributed by atoms with Crippen molar-refractivity contribution in [2.45, 2.75) is 57.7 Å². The summed E-state index contributed by atoms with van der Waals surface area (Å²) in [5.74, 6) is 4.96. The predicted octanol–water partition coefficient (Wildman–Crippen LogP) is 1.85. The zero-order valence-corrected chi connectivity index (χ0v) is 19.8. The van der Waals surface area contributed by atoms with Crippen molar-refractivity contribution in [1.29, 1.82) is 0 Å². The van der Waals surface area contributed by atoms with Crippen LogP contribution in [-0.4, -0.2) is 73.3 Å². The molecule has 8 heteroatoms. The summed E-state index contributed by atoms with van der Waals surface area (Å²) in [7, 11) is -2.65. The lowest BCUT2D eigenvalue weighted by Crippen LogP contribution is -2.49. The molecule has 2 unspecified atom stereocenters. The number of hydrogen-bond acceptors (Lipinski definition) is 5. The zero-order valence-electron chi connectivity index (χ0n) is 19.0. The van der Waals surface area contributed by atoms with E-state index in [0.717, 1.165) is 55.8 Å². The summed E-state index contributed by atoms with van der Waals surface area (Å²) in [6.07, 6.45) is 7.72. The van der Waals surface area contributed by atoms with Gasteiger partial charge in [0.15, 0.2) is 0 Å². The summed E-state index contributed by atoms with van der Waals surface area (Å²) >= 11 is 0. The molecule has 7 nitrogen and oxygen atoms in total.